The van der Waals surface area contributed by atoms with Crippen LogP contribution in [0.2, 0.25) is 0 Å². The Morgan fingerprint density at radius 3 is 2.68 bits per heavy atom. The van der Waals surface area contributed by atoms with Gasteiger partial charge in [0.1, 0.15) is 11.2 Å². The zero-order chi connectivity index (χ0) is 14.5. The highest BCUT2D eigenvalue weighted by Gasteiger charge is 2.26. The highest BCUT2D eigenvalue weighted by molar-refractivity contribution is 5.84. The molecule has 1 amide bonds. The van der Waals surface area contributed by atoms with E-state index in [0.717, 1.165) is 16.9 Å². The van der Waals surface area contributed by atoms with Gasteiger partial charge in [0.05, 0.1) is 12.7 Å². The van der Waals surface area contributed by atoms with Crippen LogP contribution < -0.4 is 10.1 Å². The van der Waals surface area contributed by atoms with E-state index in [1.54, 1.807) is 13.8 Å². The molecule has 4 heteroatoms. The average molecular weight is 260 g/mol. The van der Waals surface area contributed by atoms with Crippen LogP contribution in [0.25, 0.3) is 0 Å². The standard InChI is InChI=1S/C15H20N2O2/c1-5-19-13-7-6-12(8-11(13)2)9-17-14(18)15(3,4)10-16/h6-8H,5,9H2,1-4H3,(H,17,18). The van der Waals surface area contributed by atoms with Crippen LogP contribution in [-0.2, 0) is 11.3 Å². The van der Waals surface area contributed by atoms with Crippen LogP contribution in [0.3, 0.4) is 0 Å². The number of hydrogen-bond donors (Lipinski definition) is 1. The summed E-state index contributed by atoms with van der Waals surface area (Å²) < 4.78 is 5.46. The maximum atomic E-state index is 11.8. The number of nitriles is 1. The lowest BCUT2D eigenvalue weighted by molar-refractivity contribution is -0.126. The molecule has 1 rings (SSSR count). The van der Waals surface area contributed by atoms with Gasteiger partial charge in [-0.1, -0.05) is 12.1 Å². The maximum absolute atomic E-state index is 11.8. The molecule has 1 N–H and O–H groups in total. The van der Waals surface area contributed by atoms with Crippen LogP contribution in [-0.4, -0.2) is 12.5 Å². The molecule has 4 nitrogen and oxygen atoms in total. The van der Waals surface area contributed by atoms with Gasteiger partial charge in [-0.3, -0.25) is 4.79 Å². The lowest BCUT2D eigenvalue weighted by Crippen LogP contribution is -2.35. The van der Waals surface area contributed by atoms with Crippen LogP contribution >= 0.6 is 0 Å². The van der Waals surface area contributed by atoms with E-state index in [1.807, 2.05) is 38.1 Å². The quantitative estimate of drug-likeness (QED) is 0.885. The van der Waals surface area contributed by atoms with Gasteiger partial charge < -0.3 is 10.1 Å². The molecule has 0 saturated carbocycles. The Hall–Kier alpha value is -2.02. The number of ether oxygens (including phenoxy) is 1. The maximum Gasteiger partial charge on any atom is 0.240 e. The van der Waals surface area contributed by atoms with Gasteiger partial charge in [-0.15, -0.1) is 0 Å². The summed E-state index contributed by atoms with van der Waals surface area (Å²) in [6.45, 7) is 8.16. The fourth-order valence-corrected chi connectivity index (χ4v) is 1.59. The number of aryl methyl sites for hydroxylation is 1. The molecule has 1 aromatic carbocycles. The van der Waals surface area contributed by atoms with Gasteiger partial charge in [0.25, 0.3) is 0 Å². The summed E-state index contributed by atoms with van der Waals surface area (Å²) in [5.74, 6) is 0.594. The predicted molar refractivity (Wildman–Crippen MR) is 73.6 cm³/mol. The first-order chi connectivity index (χ1) is 8.90. The van der Waals surface area contributed by atoms with Gasteiger partial charge in [-0.2, -0.15) is 5.26 Å². The van der Waals surface area contributed by atoms with E-state index in [2.05, 4.69) is 5.32 Å². The Bertz CT molecular complexity index is 501. The van der Waals surface area contributed by atoms with Crippen molar-refractivity contribution in [2.75, 3.05) is 6.61 Å². The Kier molecular flexibility index (Phi) is 4.94. The minimum Gasteiger partial charge on any atom is -0.494 e. The largest absolute Gasteiger partial charge is 0.494 e. The van der Waals surface area contributed by atoms with Gasteiger partial charge >= 0.3 is 0 Å². The molecule has 0 bridgehead atoms. The smallest absolute Gasteiger partial charge is 0.240 e. The van der Waals surface area contributed by atoms with Gasteiger partial charge in [0.2, 0.25) is 5.91 Å². The number of amides is 1. The monoisotopic (exact) mass is 260 g/mol. The van der Waals surface area contributed by atoms with E-state index < -0.39 is 5.41 Å². The van der Waals surface area contributed by atoms with Gasteiger partial charge in [-0.25, -0.2) is 0 Å². The second kappa shape index (κ2) is 6.24. The second-order valence-electron chi connectivity index (χ2n) is 4.95. The molecule has 0 radical (unpaired) electrons. The molecule has 0 fully saturated rings. The first-order valence-electron chi connectivity index (χ1n) is 6.32. The summed E-state index contributed by atoms with van der Waals surface area (Å²) in [6, 6.07) is 7.77. The normalized spacial score (nSPS) is 10.7. The van der Waals surface area contributed by atoms with Crippen molar-refractivity contribution in [1.29, 1.82) is 5.26 Å². The average Bonchev–Trinajstić information content (AvgIpc) is 2.39. The zero-order valence-electron chi connectivity index (χ0n) is 11.9. The van der Waals surface area contributed by atoms with E-state index in [-0.39, 0.29) is 5.91 Å². The van der Waals surface area contributed by atoms with Crippen molar-refractivity contribution < 1.29 is 9.53 Å². The SMILES string of the molecule is CCOc1ccc(CNC(=O)C(C)(C)C#N)cc1C. The van der Waals surface area contributed by atoms with Crippen molar-refractivity contribution in [2.24, 2.45) is 5.41 Å². The van der Waals surface area contributed by atoms with Crippen molar-refractivity contribution in [2.45, 2.75) is 34.2 Å². The summed E-state index contributed by atoms with van der Waals surface area (Å²) in [6.07, 6.45) is 0. The van der Waals surface area contributed by atoms with E-state index >= 15 is 0 Å². The zero-order valence-corrected chi connectivity index (χ0v) is 11.9. The second-order valence-corrected chi connectivity index (χ2v) is 4.95. The highest BCUT2D eigenvalue weighted by Crippen LogP contribution is 2.19. The number of nitrogens with zero attached hydrogens (tertiary/aromatic N) is 1. The van der Waals surface area contributed by atoms with Crippen molar-refractivity contribution in [3.63, 3.8) is 0 Å². The highest BCUT2D eigenvalue weighted by atomic mass is 16.5. The third kappa shape index (κ3) is 3.99. The van der Waals surface area contributed by atoms with E-state index in [9.17, 15) is 4.79 Å². The van der Waals surface area contributed by atoms with Crippen LogP contribution in [0.5, 0.6) is 5.75 Å². The topological polar surface area (TPSA) is 62.1 Å². The first-order valence-corrected chi connectivity index (χ1v) is 6.32. The summed E-state index contributed by atoms with van der Waals surface area (Å²) in [5.41, 5.74) is 1.02. The molecule has 0 aliphatic heterocycles. The molecule has 0 unspecified atom stereocenters. The number of carbonyl (C=O) groups excluding carboxylic acids is 1. The molecule has 0 saturated heterocycles. The van der Waals surface area contributed by atoms with E-state index in [4.69, 9.17) is 10.00 Å². The Morgan fingerprint density at radius 1 is 1.47 bits per heavy atom. The van der Waals surface area contributed by atoms with Crippen molar-refractivity contribution in [1.82, 2.24) is 5.32 Å². The molecule has 1 aromatic rings. The van der Waals surface area contributed by atoms with Crippen LogP contribution in [0.15, 0.2) is 18.2 Å². The summed E-state index contributed by atoms with van der Waals surface area (Å²) in [5, 5.41) is 11.6. The van der Waals surface area contributed by atoms with E-state index in [0.29, 0.717) is 13.2 Å². The molecular weight excluding hydrogens is 240 g/mol. The summed E-state index contributed by atoms with van der Waals surface area (Å²) in [4.78, 5) is 11.8. The van der Waals surface area contributed by atoms with Gasteiger partial charge in [-0.05, 0) is 44.9 Å². The number of hydrogen-bond acceptors (Lipinski definition) is 3. The number of rotatable bonds is 5. The van der Waals surface area contributed by atoms with Crippen molar-refractivity contribution in [3.8, 4) is 11.8 Å². The van der Waals surface area contributed by atoms with Crippen molar-refractivity contribution >= 4 is 5.91 Å². The molecule has 0 aromatic heterocycles. The number of benzene rings is 1. The third-order valence-corrected chi connectivity index (χ3v) is 2.84. The Morgan fingerprint density at radius 2 is 2.16 bits per heavy atom. The van der Waals surface area contributed by atoms with E-state index in [1.165, 1.54) is 0 Å². The summed E-state index contributed by atoms with van der Waals surface area (Å²) in [7, 11) is 0. The fraction of sp³-hybridized carbons (Fsp3) is 0.467. The van der Waals surface area contributed by atoms with Crippen LogP contribution in [0.4, 0.5) is 0 Å². The van der Waals surface area contributed by atoms with Crippen LogP contribution in [0.1, 0.15) is 31.9 Å². The lowest BCUT2D eigenvalue weighted by Gasteiger charge is -2.15. The molecule has 0 aliphatic carbocycles. The molecule has 0 atom stereocenters. The molecule has 0 heterocycles. The summed E-state index contributed by atoms with van der Waals surface area (Å²) >= 11 is 0. The number of nitrogens with one attached hydrogen (secondary N) is 1. The predicted octanol–water partition coefficient (Wildman–Crippen LogP) is 2.56. The van der Waals surface area contributed by atoms with Gasteiger partial charge in [0, 0.05) is 6.54 Å². The van der Waals surface area contributed by atoms with Crippen molar-refractivity contribution in [3.05, 3.63) is 29.3 Å². The minimum absolute atomic E-state index is 0.262. The Balaban J connectivity index is 2.67. The molecule has 0 spiro atoms. The fourth-order valence-electron chi connectivity index (χ4n) is 1.59. The van der Waals surface area contributed by atoms with Gasteiger partial charge in [0.15, 0.2) is 0 Å². The minimum atomic E-state index is -1.000. The Labute approximate surface area is 114 Å². The molecule has 0 aliphatic rings. The molecular formula is C15H20N2O2. The molecule has 102 valence electrons. The first kappa shape index (κ1) is 15.0. The number of carbonyl (C=O) groups is 1. The van der Waals surface area contributed by atoms with Crippen LogP contribution in [0, 0.1) is 23.7 Å². The third-order valence-electron chi connectivity index (χ3n) is 2.84. The molecule has 19 heavy (non-hydrogen) atoms. The lowest BCUT2D eigenvalue weighted by atomic mass is 9.94.